The number of halogens is 2. The van der Waals surface area contributed by atoms with E-state index >= 15 is 0 Å². The number of alkyl halides is 2. The minimum Gasteiger partial charge on any atom is -0.265 e. The molecular formula is C26H26F2N2O4S2. The zero-order valence-corrected chi connectivity index (χ0v) is 21.0. The number of benzene rings is 3. The molecule has 10 heteroatoms. The average Bonchev–Trinajstić information content (AvgIpc) is 3.21. The summed E-state index contributed by atoms with van der Waals surface area (Å²) < 4.78 is 82.8. The van der Waals surface area contributed by atoms with E-state index in [1.807, 2.05) is 12.1 Å². The van der Waals surface area contributed by atoms with Crippen LogP contribution in [0.25, 0.3) is 0 Å². The molecule has 0 radical (unpaired) electrons. The highest BCUT2D eigenvalue weighted by Gasteiger charge is 2.48. The van der Waals surface area contributed by atoms with E-state index in [9.17, 15) is 25.6 Å². The lowest BCUT2D eigenvalue weighted by Gasteiger charge is -2.38. The van der Waals surface area contributed by atoms with Crippen LogP contribution in [0.2, 0.25) is 0 Å². The number of rotatable bonds is 6. The van der Waals surface area contributed by atoms with Crippen molar-refractivity contribution in [1.82, 2.24) is 4.72 Å². The summed E-state index contributed by atoms with van der Waals surface area (Å²) in [7, 11) is -7.62. The van der Waals surface area contributed by atoms with E-state index < -0.39 is 31.9 Å². The number of para-hydroxylation sites is 1. The Bertz CT molecular complexity index is 1450. The molecule has 1 aliphatic heterocycles. The molecule has 36 heavy (non-hydrogen) atoms. The Balaban J connectivity index is 1.38. The van der Waals surface area contributed by atoms with Gasteiger partial charge in [0.05, 0.1) is 15.5 Å². The van der Waals surface area contributed by atoms with Crippen molar-refractivity contribution in [2.24, 2.45) is 0 Å². The number of anilines is 1. The van der Waals surface area contributed by atoms with Gasteiger partial charge in [-0.15, -0.1) is 0 Å². The maximum absolute atomic E-state index is 13.6. The van der Waals surface area contributed by atoms with Gasteiger partial charge in [0.2, 0.25) is 10.0 Å². The predicted molar refractivity (Wildman–Crippen MR) is 133 cm³/mol. The molecule has 3 aromatic rings. The molecule has 2 aliphatic rings. The average molecular weight is 533 g/mol. The fourth-order valence-corrected chi connectivity index (χ4v) is 8.21. The number of hydrogen-bond donors (Lipinski definition) is 1. The predicted octanol–water partition coefficient (Wildman–Crippen LogP) is 4.99. The minimum absolute atomic E-state index is 0.0388. The van der Waals surface area contributed by atoms with E-state index in [1.165, 1.54) is 16.4 Å². The molecule has 0 atom stereocenters. The molecule has 1 fully saturated rings. The number of fused-ring (bicyclic) bond motifs is 2. The van der Waals surface area contributed by atoms with E-state index in [2.05, 4.69) is 4.72 Å². The van der Waals surface area contributed by atoms with Crippen LogP contribution in [0.5, 0.6) is 0 Å². The second-order valence-electron chi connectivity index (χ2n) is 9.39. The van der Waals surface area contributed by atoms with E-state index in [0.717, 1.165) is 17.7 Å². The SMILES string of the molecule is O=S(=O)(NC1CCC2(CC1)CN(S(=O)(=O)c1ccc(C(F)F)cc1)c1ccccc12)c1ccccc1. The molecule has 190 valence electrons. The molecule has 0 saturated heterocycles. The lowest BCUT2D eigenvalue weighted by Crippen LogP contribution is -2.44. The lowest BCUT2D eigenvalue weighted by atomic mass is 9.69. The van der Waals surface area contributed by atoms with Crippen LogP contribution in [0.4, 0.5) is 14.5 Å². The number of nitrogens with one attached hydrogen (secondary N) is 1. The van der Waals surface area contributed by atoms with Crippen molar-refractivity contribution in [3.63, 3.8) is 0 Å². The Morgan fingerprint density at radius 1 is 0.806 bits per heavy atom. The molecule has 1 N–H and O–H groups in total. The van der Waals surface area contributed by atoms with E-state index in [1.54, 1.807) is 42.5 Å². The van der Waals surface area contributed by atoms with Crippen molar-refractivity contribution in [2.75, 3.05) is 10.8 Å². The maximum atomic E-state index is 13.6. The third-order valence-electron chi connectivity index (χ3n) is 7.23. The van der Waals surface area contributed by atoms with Crippen molar-refractivity contribution in [3.05, 3.63) is 90.0 Å². The molecule has 1 heterocycles. The molecule has 3 aromatic carbocycles. The van der Waals surface area contributed by atoms with Gasteiger partial charge in [-0.2, -0.15) is 0 Å². The monoisotopic (exact) mass is 532 g/mol. The highest BCUT2D eigenvalue weighted by atomic mass is 32.2. The maximum Gasteiger partial charge on any atom is 0.264 e. The van der Waals surface area contributed by atoms with Crippen LogP contribution >= 0.6 is 0 Å². The van der Waals surface area contributed by atoms with E-state index in [4.69, 9.17) is 0 Å². The third-order valence-corrected chi connectivity index (χ3v) is 10.5. The Kier molecular flexibility index (Phi) is 6.38. The summed E-state index contributed by atoms with van der Waals surface area (Å²) in [4.78, 5) is 0.176. The topological polar surface area (TPSA) is 83.6 Å². The van der Waals surface area contributed by atoms with Crippen LogP contribution in [0.1, 0.15) is 43.2 Å². The van der Waals surface area contributed by atoms with Crippen LogP contribution in [0.15, 0.2) is 88.7 Å². The van der Waals surface area contributed by atoms with Gasteiger partial charge in [0, 0.05) is 23.6 Å². The minimum atomic E-state index is -3.97. The van der Waals surface area contributed by atoms with Crippen LogP contribution < -0.4 is 9.03 Å². The van der Waals surface area contributed by atoms with Crippen molar-refractivity contribution in [2.45, 2.75) is 53.4 Å². The molecule has 5 rings (SSSR count). The quantitative estimate of drug-likeness (QED) is 0.485. The molecule has 0 aromatic heterocycles. The summed E-state index contributed by atoms with van der Waals surface area (Å²) >= 11 is 0. The summed E-state index contributed by atoms with van der Waals surface area (Å²) in [6.07, 6.45) is -0.314. The molecule has 6 nitrogen and oxygen atoms in total. The standard InChI is InChI=1S/C26H26F2N2O4S2/c27-25(28)19-10-12-22(13-11-19)36(33,34)30-18-26(23-8-4-5-9-24(23)30)16-14-20(15-17-26)29-35(31,32)21-6-2-1-3-7-21/h1-13,20,25,29H,14-18H2. The first kappa shape index (κ1) is 24.9. The normalized spacial score (nSPS) is 22.2. The Hall–Kier alpha value is -2.82. The van der Waals surface area contributed by atoms with E-state index in [0.29, 0.717) is 31.4 Å². The van der Waals surface area contributed by atoms with Gasteiger partial charge in [0.1, 0.15) is 0 Å². The van der Waals surface area contributed by atoms with Gasteiger partial charge in [-0.3, -0.25) is 4.31 Å². The second-order valence-corrected chi connectivity index (χ2v) is 13.0. The number of hydrogen-bond acceptors (Lipinski definition) is 4. The van der Waals surface area contributed by atoms with Gasteiger partial charge in [0.25, 0.3) is 16.4 Å². The van der Waals surface area contributed by atoms with Gasteiger partial charge in [-0.1, -0.05) is 48.5 Å². The van der Waals surface area contributed by atoms with Crippen molar-refractivity contribution < 1.29 is 25.6 Å². The molecule has 0 amide bonds. The fourth-order valence-electron chi connectivity index (χ4n) is 5.31. The molecule has 1 spiro atoms. The number of sulfonamides is 2. The first-order valence-corrected chi connectivity index (χ1v) is 14.6. The van der Waals surface area contributed by atoms with Gasteiger partial charge in [-0.05, 0) is 61.6 Å². The van der Waals surface area contributed by atoms with Crippen LogP contribution in [0, 0.1) is 0 Å². The van der Waals surface area contributed by atoms with Crippen molar-refractivity contribution >= 4 is 25.7 Å². The molecule has 0 bridgehead atoms. The van der Waals surface area contributed by atoms with E-state index in [-0.39, 0.29) is 27.9 Å². The lowest BCUT2D eigenvalue weighted by molar-refractivity contribution is 0.151. The van der Waals surface area contributed by atoms with Gasteiger partial charge < -0.3 is 0 Å². The summed E-state index contributed by atoms with van der Waals surface area (Å²) in [6.45, 7) is 0.226. The Morgan fingerprint density at radius 3 is 2.06 bits per heavy atom. The molecular weight excluding hydrogens is 506 g/mol. The third kappa shape index (κ3) is 4.42. The van der Waals surface area contributed by atoms with Crippen LogP contribution in [0.3, 0.4) is 0 Å². The zero-order valence-electron chi connectivity index (χ0n) is 19.3. The highest BCUT2D eigenvalue weighted by molar-refractivity contribution is 7.92. The van der Waals surface area contributed by atoms with Crippen molar-refractivity contribution in [3.8, 4) is 0 Å². The van der Waals surface area contributed by atoms with Crippen LogP contribution in [-0.4, -0.2) is 29.4 Å². The van der Waals surface area contributed by atoms with Gasteiger partial charge in [-0.25, -0.2) is 30.3 Å². The smallest absolute Gasteiger partial charge is 0.264 e. The zero-order chi connectivity index (χ0) is 25.6. The fraction of sp³-hybridized carbons (Fsp3) is 0.308. The summed E-state index contributed by atoms with van der Waals surface area (Å²) in [5.41, 5.74) is 0.825. The second kappa shape index (κ2) is 9.24. The Labute approximate surface area is 210 Å². The van der Waals surface area contributed by atoms with Crippen LogP contribution in [-0.2, 0) is 25.5 Å². The summed E-state index contributed by atoms with van der Waals surface area (Å²) in [5, 5.41) is 0. The molecule has 0 unspecified atom stereocenters. The van der Waals surface area contributed by atoms with Gasteiger partial charge >= 0.3 is 0 Å². The summed E-state index contributed by atoms with van der Waals surface area (Å²) in [5.74, 6) is 0. The largest absolute Gasteiger partial charge is 0.265 e. The first-order valence-electron chi connectivity index (χ1n) is 11.7. The first-order chi connectivity index (χ1) is 17.1. The summed E-state index contributed by atoms with van der Waals surface area (Å²) in [6, 6.07) is 20.0. The van der Waals surface area contributed by atoms with Gasteiger partial charge in [0.15, 0.2) is 0 Å². The number of nitrogens with zero attached hydrogens (tertiary/aromatic N) is 1. The molecule has 1 saturated carbocycles. The molecule has 1 aliphatic carbocycles. The highest BCUT2D eigenvalue weighted by Crippen LogP contribution is 2.50. The van der Waals surface area contributed by atoms with Crippen molar-refractivity contribution in [1.29, 1.82) is 0 Å². The Morgan fingerprint density at radius 2 is 1.42 bits per heavy atom.